The van der Waals surface area contributed by atoms with Crippen molar-refractivity contribution >= 4 is 5.91 Å². The van der Waals surface area contributed by atoms with Crippen LogP contribution in [0, 0.1) is 6.92 Å². The van der Waals surface area contributed by atoms with Crippen molar-refractivity contribution in [3.05, 3.63) is 23.8 Å². The number of carbonyl (C=O) groups excluding carboxylic acids is 1. The standard InChI is InChI=1S/C12H17N3O/c1-9-13-6-5-12(14-9)11-4-3-7-15(8-11)10(2)16/h5-6,11H,3-4,7-8H2,1-2H3/t11-/m0/s1. The first-order chi connectivity index (χ1) is 7.66. The third-order valence-corrected chi connectivity index (χ3v) is 3.08. The third kappa shape index (κ3) is 2.38. The zero-order valence-electron chi connectivity index (χ0n) is 9.81. The summed E-state index contributed by atoms with van der Waals surface area (Å²) in [5, 5.41) is 0. The van der Waals surface area contributed by atoms with Gasteiger partial charge in [-0.3, -0.25) is 4.79 Å². The molecule has 16 heavy (non-hydrogen) atoms. The molecule has 2 rings (SSSR count). The summed E-state index contributed by atoms with van der Waals surface area (Å²) in [5.41, 5.74) is 1.07. The summed E-state index contributed by atoms with van der Waals surface area (Å²) in [6, 6.07) is 1.96. The van der Waals surface area contributed by atoms with E-state index in [0.29, 0.717) is 5.92 Å². The molecule has 1 aromatic heterocycles. The highest BCUT2D eigenvalue weighted by Crippen LogP contribution is 2.25. The minimum Gasteiger partial charge on any atom is -0.342 e. The maximum Gasteiger partial charge on any atom is 0.219 e. The highest BCUT2D eigenvalue weighted by molar-refractivity contribution is 5.73. The summed E-state index contributed by atoms with van der Waals surface area (Å²) in [7, 11) is 0. The summed E-state index contributed by atoms with van der Waals surface area (Å²) >= 11 is 0. The highest BCUT2D eigenvalue weighted by Gasteiger charge is 2.23. The van der Waals surface area contributed by atoms with Crippen LogP contribution in [0.3, 0.4) is 0 Å². The first-order valence-corrected chi connectivity index (χ1v) is 5.72. The Morgan fingerprint density at radius 3 is 3.06 bits per heavy atom. The molecule has 0 spiro atoms. The van der Waals surface area contributed by atoms with Crippen LogP contribution in [0.4, 0.5) is 0 Å². The van der Waals surface area contributed by atoms with Gasteiger partial charge in [-0.2, -0.15) is 0 Å². The number of hydrogen-bond donors (Lipinski definition) is 0. The molecule has 1 aliphatic rings. The van der Waals surface area contributed by atoms with Crippen molar-refractivity contribution in [2.75, 3.05) is 13.1 Å². The largest absolute Gasteiger partial charge is 0.342 e. The van der Waals surface area contributed by atoms with Crippen LogP contribution in [0.25, 0.3) is 0 Å². The minimum absolute atomic E-state index is 0.162. The lowest BCUT2D eigenvalue weighted by Gasteiger charge is -2.31. The second kappa shape index (κ2) is 4.60. The van der Waals surface area contributed by atoms with Gasteiger partial charge in [-0.1, -0.05) is 0 Å². The number of nitrogens with zero attached hydrogens (tertiary/aromatic N) is 3. The summed E-state index contributed by atoms with van der Waals surface area (Å²) < 4.78 is 0. The molecule has 86 valence electrons. The lowest BCUT2D eigenvalue weighted by atomic mass is 9.94. The summed E-state index contributed by atoms with van der Waals surface area (Å²) in [5.74, 6) is 1.34. The summed E-state index contributed by atoms with van der Waals surface area (Å²) in [6.45, 7) is 5.21. The van der Waals surface area contributed by atoms with Gasteiger partial charge >= 0.3 is 0 Å². The maximum absolute atomic E-state index is 11.3. The molecule has 1 aromatic rings. The monoisotopic (exact) mass is 219 g/mol. The minimum atomic E-state index is 0.162. The van der Waals surface area contributed by atoms with Gasteiger partial charge in [0.25, 0.3) is 0 Å². The molecule has 1 atom stereocenters. The summed E-state index contributed by atoms with van der Waals surface area (Å²) in [6.07, 6.45) is 3.97. The highest BCUT2D eigenvalue weighted by atomic mass is 16.2. The number of piperidine rings is 1. The molecule has 0 radical (unpaired) electrons. The molecular formula is C12H17N3O. The van der Waals surface area contributed by atoms with Crippen molar-refractivity contribution < 1.29 is 4.79 Å². The topological polar surface area (TPSA) is 46.1 Å². The zero-order chi connectivity index (χ0) is 11.5. The van der Waals surface area contributed by atoms with Gasteiger partial charge in [0, 0.05) is 37.8 Å². The van der Waals surface area contributed by atoms with E-state index in [1.807, 2.05) is 17.9 Å². The lowest BCUT2D eigenvalue weighted by Crippen LogP contribution is -2.37. The van der Waals surface area contributed by atoms with E-state index < -0.39 is 0 Å². The molecule has 4 heteroatoms. The Balaban J connectivity index is 2.12. The molecule has 0 N–H and O–H groups in total. The van der Waals surface area contributed by atoms with Crippen molar-refractivity contribution in [3.63, 3.8) is 0 Å². The van der Waals surface area contributed by atoms with E-state index in [2.05, 4.69) is 9.97 Å². The van der Waals surface area contributed by atoms with Crippen LogP contribution in [-0.4, -0.2) is 33.9 Å². The number of aryl methyl sites for hydroxylation is 1. The molecule has 1 fully saturated rings. The van der Waals surface area contributed by atoms with Gasteiger partial charge in [0.15, 0.2) is 0 Å². The number of amides is 1. The molecule has 1 aliphatic heterocycles. The molecule has 0 bridgehead atoms. The van der Waals surface area contributed by atoms with Gasteiger partial charge in [-0.25, -0.2) is 9.97 Å². The van der Waals surface area contributed by atoms with Gasteiger partial charge in [-0.05, 0) is 25.8 Å². The molecule has 0 saturated carbocycles. The molecule has 0 aliphatic carbocycles. The van der Waals surface area contributed by atoms with Crippen molar-refractivity contribution in [1.82, 2.24) is 14.9 Å². The number of hydrogen-bond acceptors (Lipinski definition) is 3. The van der Waals surface area contributed by atoms with Gasteiger partial charge in [-0.15, -0.1) is 0 Å². The van der Waals surface area contributed by atoms with Gasteiger partial charge in [0.05, 0.1) is 0 Å². The van der Waals surface area contributed by atoms with E-state index in [1.54, 1.807) is 13.1 Å². The smallest absolute Gasteiger partial charge is 0.219 e. The van der Waals surface area contributed by atoms with E-state index in [9.17, 15) is 4.79 Å². The first kappa shape index (κ1) is 11.0. The Kier molecular flexibility index (Phi) is 3.17. The second-order valence-corrected chi connectivity index (χ2v) is 4.33. The van der Waals surface area contributed by atoms with Crippen LogP contribution in [0.1, 0.15) is 37.2 Å². The fraction of sp³-hybridized carbons (Fsp3) is 0.583. The van der Waals surface area contributed by atoms with Crippen LogP contribution in [-0.2, 0) is 4.79 Å². The number of likely N-dealkylation sites (tertiary alicyclic amines) is 1. The number of aromatic nitrogens is 2. The van der Waals surface area contributed by atoms with Crippen LogP contribution in [0.2, 0.25) is 0 Å². The van der Waals surface area contributed by atoms with Gasteiger partial charge in [0.1, 0.15) is 5.82 Å². The number of carbonyl (C=O) groups is 1. The molecule has 0 aromatic carbocycles. The fourth-order valence-corrected chi connectivity index (χ4v) is 2.21. The van der Waals surface area contributed by atoms with Crippen LogP contribution >= 0.6 is 0 Å². The Bertz CT molecular complexity index is 392. The molecule has 1 saturated heterocycles. The molecule has 4 nitrogen and oxygen atoms in total. The normalized spacial score (nSPS) is 20.9. The predicted molar refractivity (Wildman–Crippen MR) is 61.0 cm³/mol. The molecule has 2 heterocycles. The third-order valence-electron chi connectivity index (χ3n) is 3.08. The SMILES string of the molecule is CC(=O)N1CCC[C@H](c2ccnc(C)n2)C1. The second-order valence-electron chi connectivity index (χ2n) is 4.33. The van der Waals surface area contributed by atoms with E-state index in [0.717, 1.165) is 37.4 Å². The maximum atomic E-state index is 11.3. The lowest BCUT2D eigenvalue weighted by molar-refractivity contribution is -0.130. The van der Waals surface area contributed by atoms with Crippen molar-refractivity contribution in [2.45, 2.75) is 32.6 Å². The quantitative estimate of drug-likeness (QED) is 0.719. The van der Waals surface area contributed by atoms with E-state index in [1.165, 1.54) is 0 Å². The Morgan fingerprint density at radius 1 is 1.56 bits per heavy atom. The van der Waals surface area contributed by atoms with Gasteiger partial charge in [0.2, 0.25) is 5.91 Å². The Morgan fingerprint density at radius 2 is 2.38 bits per heavy atom. The fourth-order valence-electron chi connectivity index (χ4n) is 2.21. The Labute approximate surface area is 95.7 Å². The van der Waals surface area contributed by atoms with Crippen LogP contribution < -0.4 is 0 Å². The zero-order valence-corrected chi connectivity index (χ0v) is 9.81. The molecule has 1 amide bonds. The van der Waals surface area contributed by atoms with Crippen molar-refractivity contribution in [1.29, 1.82) is 0 Å². The average molecular weight is 219 g/mol. The number of rotatable bonds is 1. The van der Waals surface area contributed by atoms with E-state index >= 15 is 0 Å². The first-order valence-electron chi connectivity index (χ1n) is 5.72. The summed E-state index contributed by atoms with van der Waals surface area (Å²) in [4.78, 5) is 21.8. The molecule has 0 unspecified atom stereocenters. The van der Waals surface area contributed by atoms with E-state index in [-0.39, 0.29) is 5.91 Å². The van der Waals surface area contributed by atoms with E-state index in [4.69, 9.17) is 0 Å². The average Bonchev–Trinajstić information content (AvgIpc) is 2.29. The predicted octanol–water partition coefficient (Wildman–Crippen LogP) is 1.51. The van der Waals surface area contributed by atoms with Crippen molar-refractivity contribution in [2.24, 2.45) is 0 Å². The Hall–Kier alpha value is -1.45. The van der Waals surface area contributed by atoms with Crippen LogP contribution in [0.5, 0.6) is 0 Å². The molecular weight excluding hydrogens is 202 g/mol. The van der Waals surface area contributed by atoms with Crippen LogP contribution in [0.15, 0.2) is 12.3 Å². The van der Waals surface area contributed by atoms with Crippen molar-refractivity contribution in [3.8, 4) is 0 Å². The van der Waals surface area contributed by atoms with Gasteiger partial charge < -0.3 is 4.90 Å².